The van der Waals surface area contributed by atoms with Crippen LogP contribution in [0.15, 0.2) is 161 Å². The van der Waals surface area contributed by atoms with Crippen molar-refractivity contribution >= 4 is 22.4 Å². The zero-order valence-electron chi connectivity index (χ0n) is 25.2. The van der Waals surface area contributed by atoms with Gasteiger partial charge in [-0.15, -0.1) is 0 Å². The molecular weight excluding hydrogens is 546 g/mol. The van der Waals surface area contributed by atoms with Gasteiger partial charge in [-0.2, -0.15) is 0 Å². The minimum Gasteiger partial charge on any atom is -0.383 e. The predicted octanol–water partition coefficient (Wildman–Crippen LogP) is 9.33. The number of hydrogen-bond acceptors (Lipinski definition) is 1. The highest BCUT2D eigenvalue weighted by Crippen LogP contribution is 2.49. The van der Waals surface area contributed by atoms with E-state index >= 15 is 0 Å². The van der Waals surface area contributed by atoms with Crippen molar-refractivity contribution in [3.05, 3.63) is 179 Å². The number of fused-ring (bicyclic) bond motifs is 5. The molecule has 0 fully saturated rings. The molecule has 2 unspecified atom stereocenters. The summed E-state index contributed by atoms with van der Waals surface area (Å²) in [5, 5.41) is 2.48. The monoisotopic (exact) mass is 581 g/mol. The van der Waals surface area contributed by atoms with Crippen LogP contribution in [0.2, 0.25) is 0 Å². The molecule has 218 valence electrons. The summed E-state index contributed by atoms with van der Waals surface area (Å²) in [7, 11) is 0. The molecule has 3 aliphatic rings. The van der Waals surface area contributed by atoms with E-state index in [2.05, 4.69) is 121 Å². The molecule has 0 bridgehead atoms. The van der Waals surface area contributed by atoms with Gasteiger partial charge in [0.25, 0.3) is 0 Å². The second-order valence-corrected chi connectivity index (χ2v) is 12.2. The van der Waals surface area contributed by atoms with Crippen LogP contribution >= 0.6 is 0 Å². The third kappa shape index (κ3) is 5.15. The van der Waals surface area contributed by atoms with Crippen LogP contribution in [-0.4, -0.2) is 11.7 Å². The van der Waals surface area contributed by atoms with Gasteiger partial charge < -0.3 is 5.73 Å². The van der Waals surface area contributed by atoms with Crippen molar-refractivity contribution in [2.45, 2.75) is 31.7 Å². The molecule has 2 N–H and O–H groups in total. The summed E-state index contributed by atoms with van der Waals surface area (Å²) in [4.78, 5) is 10.1. The zero-order chi connectivity index (χ0) is 30.2. The van der Waals surface area contributed by atoms with E-state index in [1.54, 1.807) is 0 Å². The fourth-order valence-corrected chi connectivity index (χ4v) is 7.36. The van der Waals surface area contributed by atoms with Crippen LogP contribution in [0.3, 0.4) is 0 Å². The summed E-state index contributed by atoms with van der Waals surface area (Å²) < 4.78 is 0. The SMILES string of the molecule is NC(=NC(=NCc1ccccc1)c1ccc(-c2cccc3ccccc23)cc1)c1cccc2c1C1C=CC3=C(C=CCC3)C1C2. The molecule has 5 aromatic rings. The molecule has 0 saturated carbocycles. The summed E-state index contributed by atoms with van der Waals surface area (Å²) >= 11 is 0. The average Bonchev–Trinajstić information content (AvgIpc) is 3.50. The molecule has 0 heterocycles. The molecular formula is C42H35N3. The predicted molar refractivity (Wildman–Crippen MR) is 188 cm³/mol. The first-order valence-corrected chi connectivity index (χ1v) is 15.9. The summed E-state index contributed by atoms with van der Waals surface area (Å²) in [5.41, 5.74) is 18.1. The highest BCUT2D eigenvalue weighted by molar-refractivity contribution is 6.12. The van der Waals surface area contributed by atoms with Crippen molar-refractivity contribution in [2.24, 2.45) is 21.6 Å². The Morgan fingerprint density at radius 2 is 1.58 bits per heavy atom. The van der Waals surface area contributed by atoms with Crippen molar-refractivity contribution in [1.82, 2.24) is 0 Å². The molecule has 0 radical (unpaired) electrons. The van der Waals surface area contributed by atoms with E-state index in [0.29, 0.717) is 30.1 Å². The van der Waals surface area contributed by atoms with Gasteiger partial charge in [-0.1, -0.05) is 140 Å². The standard InChI is InChI=1S/C42H35N3/c43-41(38-19-9-15-33-26-39-36-17-7-5-13-30(36)24-25-37(39)40(33)38)45-42(44-27-28-10-2-1-3-11-28)32-22-20-31(21-23-32)35-18-8-14-29-12-4-6-16-34(29)35/h1-4,6-12,14-25,37,39H,5,13,26-27H2,(H2,43,44,45). The minimum absolute atomic E-state index is 0.316. The van der Waals surface area contributed by atoms with Crippen molar-refractivity contribution in [2.75, 3.05) is 0 Å². The first kappa shape index (κ1) is 27.3. The Hall–Kier alpha value is -5.28. The van der Waals surface area contributed by atoms with Crippen molar-refractivity contribution < 1.29 is 0 Å². The maximum Gasteiger partial charge on any atom is 0.157 e. The Morgan fingerprint density at radius 1 is 0.778 bits per heavy atom. The average molecular weight is 582 g/mol. The minimum atomic E-state index is 0.316. The second-order valence-electron chi connectivity index (χ2n) is 12.2. The number of aliphatic imine (C=N–C) groups is 2. The van der Waals surface area contributed by atoms with Crippen LogP contribution in [0.4, 0.5) is 0 Å². The number of amidine groups is 2. The van der Waals surface area contributed by atoms with E-state index in [1.807, 2.05) is 18.2 Å². The lowest BCUT2D eigenvalue weighted by Crippen LogP contribution is -2.21. The van der Waals surface area contributed by atoms with Crippen LogP contribution in [-0.2, 0) is 13.0 Å². The molecule has 0 saturated heterocycles. The largest absolute Gasteiger partial charge is 0.383 e. The van der Waals surface area contributed by atoms with E-state index in [1.165, 1.54) is 38.6 Å². The van der Waals surface area contributed by atoms with Crippen molar-refractivity contribution in [1.29, 1.82) is 0 Å². The zero-order valence-corrected chi connectivity index (χ0v) is 25.2. The molecule has 8 rings (SSSR count). The molecule has 45 heavy (non-hydrogen) atoms. The molecule has 5 aromatic carbocycles. The Labute approximate surface area is 264 Å². The lowest BCUT2D eigenvalue weighted by atomic mass is 9.76. The Morgan fingerprint density at radius 3 is 2.47 bits per heavy atom. The topological polar surface area (TPSA) is 50.7 Å². The maximum absolute atomic E-state index is 6.93. The molecule has 3 heteroatoms. The summed E-state index contributed by atoms with van der Waals surface area (Å²) in [6.45, 7) is 0.529. The van der Waals surface area contributed by atoms with E-state index in [9.17, 15) is 0 Å². The molecule has 0 spiro atoms. The van der Waals surface area contributed by atoms with Crippen LogP contribution in [0.25, 0.3) is 21.9 Å². The molecule has 3 nitrogen and oxygen atoms in total. The number of benzene rings is 5. The van der Waals surface area contributed by atoms with Gasteiger partial charge in [0.2, 0.25) is 0 Å². The fourth-order valence-electron chi connectivity index (χ4n) is 7.36. The number of hydrogen-bond donors (Lipinski definition) is 1. The number of nitrogens with zero attached hydrogens (tertiary/aromatic N) is 2. The Balaban J connectivity index is 1.17. The Bertz CT molecular complexity index is 2050. The van der Waals surface area contributed by atoms with E-state index < -0.39 is 0 Å². The quantitative estimate of drug-likeness (QED) is 0.163. The van der Waals surface area contributed by atoms with Gasteiger partial charge >= 0.3 is 0 Å². The highest BCUT2D eigenvalue weighted by Gasteiger charge is 2.37. The maximum atomic E-state index is 6.93. The van der Waals surface area contributed by atoms with E-state index in [4.69, 9.17) is 15.7 Å². The normalized spacial score (nSPS) is 19.0. The first-order chi connectivity index (χ1) is 22.2. The number of allylic oxidation sites excluding steroid dienone is 6. The molecule has 3 aliphatic carbocycles. The fraction of sp³-hybridized carbons (Fsp3) is 0.143. The van der Waals surface area contributed by atoms with Gasteiger partial charge in [0.05, 0.1) is 6.54 Å². The van der Waals surface area contributed by atoms with Gasteiger partial charge in [0.1, 0.15) is 5.84 Å². The lowest BCUT2D eigenvalue weighted by Gasteiger charge is -2.28. The molecule has 0 aliphatic heterocycles. The van der Waals surface area contributed by atoms with E-state index in [-0.39, 0.29) is 0 Å². The third-order valence-corrected chi connectivity index (χ3v) is 9.56. The lowest BCUT2D eigenvalue weighted by molar-refractivity contribution is 0.590. The second kappa shape index (κ2) is 11.7. The Kier molecular flexibility index (Phi) is 7.07. The smallest absolute Gasteiger partial charge is 0.157 e. The summed E-state index contributed by atoms with van der Waals surface area (Å²) in [5.74, 6) is 1.95. The third-order valence-electron chi connectivity index (χ3n) is 9.56. The van der Waals surface area contributed by atoms with Crippen LogP contribution in [0.1, 0.15) is 46.6 Å². The summed E-state index contributed by atoms with van der Waals surface area (Å²) in [6.07, 6.45) is 12.8. The van der Waals surface area contributed by atoms with Gasteiger partial charge in [0, 0.05) is 17.0 Å². The van der Waals surface area contributed by atoms with Gasteiger partial charge in [0.15, 0.2) is 5.84 Å². The van der Waals surface area contributed by atoms with Gasteiger partial charge in [-0.3, -0.25) is 4.99 Å². The van der Waals surface area contributed by atoms with Gasteiger partial charge in [-0.25, -0.2) is 4.99 Å². The molecule has 0 aromatic heterocycles. The van der Waals surface area contributed by atoms with Crippen molar-refractivity contribution in [3.63, 3.8) is 0 Å². The van der Waals surface area contributed by atoms with Crippen LogP contribution in [0.5, 0.6) is 0 Å². The van der Waals surface area contributed by atoms with Gasteiger partial charge in [-0.05, 0) is 74.9 Å². The van der Waals surface area contributed by atoms with Crippen molar-refractivity contribution in [3.8, 4) is 11.1 Å². The van der Waals surface area contributed by atoms with E-state index in [0.717, 1.165) is 41.5 Å². The highest BCUT2D eigenvalue weighted by atomic mass is 15.0. The molecule has 2 atom stereocenters. The first-order valence-electron chi connectivity index (χ1n) is 15.9. The van der Waals surface area contributed by atoms with Crippen LogP contribution in [0, 0.1) is 5.92 Å². The number of rotatable bonds is 5. The molecule has 0 amide bonds. The van der Waals surface area contributed by atoms with Crippen LogP contribution < -0.4 is 5.73 Å². The summed E-state index contributed by atoms with van der Waals surface area (Å²) in [6, 6.07) is 40.4. The number of nitrogens with two attached hydrogens (primary N) is 1.